The lowest BCUT2D eigenvalue weighted by Gasteiger charge is -2.33. The van der Waals surface area contributed by atoms with Crippen molar-refractivity contribution in [2.75, 3.05) is 24.6 Å². The molecule has 0 N–H and O–H groups in total. The molecule has 3 aromatic heterocycles. The maximum atomic E-state index is 14.8. The summed E-state index contributed by atoms with van der Waals surface area (Å²) in [5.74, 6) is 0.902. The average molecular weight is 453 g/mol. The van der Waals surface area contributed by atoms with Crippen LogP contribution in [0.15, 0.2) is 42.9 Å². The van der Waals surface area contributed by atoms with Gasteiger partial charge in [-0.25, -0.2) is 9.37 Å². The largest absolute Gasteiger partial charge is 0.370 e. The second kappa shape index (κ2) is 7.56. The van der Waals surface area contributed by atoms with Crippen molar-refractivity contribution >= 4 is 23.2 Å². The molecule has 1 aliphatic heterocycles. The lowest BCUT2D eigenvalue weighted by Crippen LogP contribution is -2.38. The number of morpholine rings is 1. The van der Waals surface area contributed by atoms with E-state index < -0.39 is 0 Å². The van der Waals surface area contributed by atoms with Gasteiger partial charge in [-0.05, 0) is 38.0 Å². The Bertz CT molecular complexity index is 1310. The summed E-state index contributed by atoms with van der Waals surface area (Å²) < 4.78 is 24.7. The normalized spacial score (nSPS) is 19.1. The van der Waals surface area contributed by atoms with Gasteiger partial charge in [0.05, 0.1) is 30.2 Å². The SMILES string of the molecule is Cc1cn2c(-c3ccc(Cl)cc3F)cc(N3CCOC(c4cnn(C5CC5)c4)C3)nc2n1. The van der Waals surface area contributed by atoms with E-state index in [-0.39, 0.29) is 11.9 Å². The Labute approximate surface area is 189 Å². The molecule has 1 saturated heterocycles. The van der Waals surface area contributed by atoms with Crippen LogP contribution in [0.3, 0.4) is 0 Å². The van der Waals surface area contributed by atoms with Crippen molar-refractivity contribution in [3.8, 4) is 11.3 Å². The van der Waals surface area contributed by atoms with E-state index in [0.717, 1.165) is 17.1 Å². The van der Waals surface area contributed by atoms with Gasteiger partial charge in [0.1, 0.15) is 17.7 Å². The van der Waals surface area contributed by atoms with Gasteiger partial charge in [-0.15, -0.1) is 0 Å². The Morgan fingerprint density at radius 2 is 2.03 bits per heavy atom. The van der Waals surface area contributed by atoms with E-state index in [1.54, 1.807) is 12.1 Å². The van der Waals surface area contributed by atoms with Crippen LogP contribution in [-0.2, 0) is 4.74 Å². The molecule has 4 heterocycles. The highest BCUT2D eigenvalue weighted by molar-refractivity contribution is 6.30. The number of nitrogens with zero attached hydrogens (tertiary/aromatic N) is 6. The first-order valence-corrected chi connectivity index (χ1v) is 11.2. The molecule has 1 unspecified atom stereocenters. The minimum Gasteiger partial charge on any atom is -0.370 e. The van der Waals surface area contributed by atoms with Crippen LogP contribution >= 0.6 is 11.6 Å². The smallest absolute Gasteiger partial charge is 0.236 e. The van der Waals surface area contributed by atoms with E-state index in [0.29, 0.717) is 47.8 Å². The number of benzene rings is 1. The fraction of sp³-hybridized carbons (Fsp3) is 0.348. The summed E-state index contributed by atoms with van der Waals surface area (Å²) in [6.07, 6.45) is 8.15. The fourth-order valence-electron chi connectivity index (χ4n) is 4.25. The van der Waals surface area contributed by atoms with Crippen LogP contribution in [0.5, 0.6) is 0 Å². The summed E-state index contributed by atoms with van der Waals surface area (Å²) >= 11 is 5.98. The Hall–Kier alpha value is -2.97. The summed E-state index contributed by atoms with van der Waals surface area (Å²) in [7, 11) is 0. The van der Waals surface area contributed by atoms with Crippen molar-refractivity contribution in [1.82, 2.24) is 24.1 Å². The number of anilines is 1. The van der Waals surface area contributed by atoms with Crippen molar-refractivity contribution in [1.29, 1.82) is 0 Å². The van der Waals surface area contributed by atoms with Crippen molar-refractivity contribution in [2.24, 2.45) is 0 Å². The number of halogens is 2. The molecule has 1 aliphatic carbocycles. The molecular formula is C23H22ClFN6O. The topological polar surface area (TPSA) is 60.5 Å². The quantitative estimate of drug-likeness (QED) is 0.452. The van der Waals surface area contributed by atoms with Crippen LogP contribution in [-0.4, -0.2) is 43.8 Å². The van der Waals surface area contributed by atoms with E-state index in [4.69, 9.17) is 21.3 Å². The molecule has 1 saturated carbocycles. The lowest BCUT2D eigenvalue weighted by atomic mass is 10.1. The first-order chi connectivity index (χ1) is 15.5. The van der Waals surface area contributed by atoms with Crippen molar-refractivity contribution in [2.45, 2.75) is 31.9 Å². The number of fused-ring (bicyclic) bond motifs is 1. The van der Waals surface area contributed by atoms with Crippen LogP contribution in [0.2, 0.25) is 5.02 Å². The molecule has 0 spiro atoms. The third kappa shape index (κ3) is 3.53. The molecule has 1 atom stereocenters. The average Bonchev–Trinajstić information content (AvgIpc) is 3.38. The zero-order valence-electron chi connectivity index (χ0n) is 17.6. The van der Waals surface area contributed by atoms with Crippen LogP contribution in [0.25, 0.3) is 17.0 Å². The summed E-state index contributed by atoms with van der Waals surface area (Å²) in [6.45, 7) is 3.81. The molecule has 32 heavy (non-hydrogen) atoms. The number of imidazole rings is 1. The van der Waals surface area contributed by atoms with Gasteiger partial charge in [0.2, 0.25) is 5.78 Å². The van der Waals surface area contributed by atoms with E-state index in [9.17, 15) is 4.39 Å². The number of hydrogen-bond donors (Lipinski definition) is 0. The molecule has 0 bridgehead atoms. The van der Waals surface area contributed by atoms with Crippen molar-refractivity contribution < 1.29 is 9.13 Å². The summed E-state index contributed by atoms with van der Waals surface area (Å²) in [5.41, 5.74) is 3.03. The van der Waals surface area contributed by atoms with Gasteiger partial charge in [0, 0.05) is 47.7 Å². The van der Waals surface area contributed by atoms with Gasteiger partial charge < -0.3 is 9.64 Å². The predicted octanol–water partition coefficient (Wildman–Crippen LogP) is 4.61. The molecule has 0 radical (unpaired) electrons. The second-order valence-corrected chi connectivity index (χ2v) is 8.90. The third-order valence-corrected chi connectivity index (χ3v) is 6.29. The van der Waals surface area contributed by atoms with Crippen LogP contribution in [0.4, 0.5) is 10.2 Å². The van der Waals surface area contributed by atoms with Crippen molar-refractivity contribution in [3.63, 3.8) is 0 Å². The van der Waals surface area contributed by atoms with Gasteiger partial charge in [0.25, 0.3) is 0 Å². The van der Waals surface area contributed by atoms with Gasteiger partial charge in [-0.1, -0.05) is 11.6 Å². The molecule has 164 valence electrons. The molecule has 1 aromatic carbocycles. The minimum absolute atomic E-state index is 0.0912. The monoisotopic (exact) mass is 452 g/mol. The Kier molecular flexibility index (Phi) is 4.66. The number of hydrogen-bond acceptors (Lipinski definition) is 5. The third-order valence-electron chi connectivity index (χ3n) is 6.06. The Morgan fingerprint density at radius 1 is 1.16 bits per heavy atom. The number of aryl methyl sites for hydroxylation is 1. The summed E-state index contributed by atoms with van der Waals surface area (Å²) in [4.78, 5) is 11.5. The second-order valence-electron chi connectivity index (χ2n) is 8.47. The molecular weight excluding hydrogens is 431 g/mol. The maximum Gasteiger partial charge on any atom is 0.236 e. The van der Waals surface area contributed by atoms with E-state index in [2.05, 4.69) is 21.2 Å². The first-order valence-electron chi connectivity index (χ1n) is 10.8. The highest BCUT2D eigenvalue weighted by Crippen LogP contribution is 2.36. The lowest BCUT2D eigenvalue weighted by molar-refractivity contribution is 0.0395. The fourth-order valence-corrected chi connectivity index (χ4v) is 4.41. The van der Waals surface area contributed by atoms with Crippen LogP contribution in [0.1, 0.15) is 36.2 Å². The number of rotatable bonds is 4. The zero-order valence-corrected chi connectivity index (χ0v) is 18.3. The molecule has 0 amide bonds. The van der Waals surface area contributed by atoms with Crippen LogP contribution < -0.4 is 4.90 Å². The number of ether oxygens (including phenoxy) is 1. The highest BCUT2D eigenvalue weighted by atomic mass is 35.5. The predicted molar refractivity (Wildman–Crippen MR) is 120 cm³/mol. The van der Waals surface area contributed by atoms with Gasteiger partial charge >= 0.3 is 0 Å². The molecule has 4 aromatic rings. The Balaban J connectivity index is 1.37. The van der Waals surface area contributed by atoms with E-state index in [1.165, 1.54) is 18.9 Å². The number of aromatic nitrogens is 5. The van der Waals surface area contributed by atoms with Crippen LogP contribution in [0, 0.1) is 12.7 Å². The van der Waals surface area contributed by atoms with Gasteiger partial charge in [-0.2, -0.15) is 10.1 Å². The minimum atomic E-state index is -0.380. The maximum absolute atomic E-state index is 14.8. The van der Waals surface area contributed by atoms with Gasteiger partial charge in [0.15, 0.2) is 0 Å². The first kappa shape index (κ1) is 19.7. The summed E-state index contributed by atoms with van der Waals surface area (Å²) in [5, 5.41) is 4.86. The standard InChI is InChI=1S/C23H22ClFN6O/c1-14-11-30-20(18-5-2-16(24)8-19(18)25)9-22(28-23(30)27-14)29-6-7-32-21(13-29)15-10-26-31(12-15)17-3-4-17/h2,5,8-12,17,21H,3-4,6-7,13H2,1H3. The van der Waals surface area contributed by atoms with Crippen molar-refractivity contribution in [3.05, 3.63) is 65.0 Å². The highest BCUT2D eigenvalue weighted by Gasteiger charge is 2.28. The molecule has 9 heteroatoms. The van der Waals surface area contributed by atoms with E-state index >= 15 is 0 Å². The summed E-state index contributed by atoms with van der Waals surface area (Å²) in [6, 6.07) is 7.16. The van der Waals surface area contributed by atoms with E-state index in [1.807, 2.05) is 34.5 Å². The molecule has 2 fully saturated rings. The molecule has 2 aliphatic rings. The molecule has 7 nitrogen and oxygen atoms in total. The zero-order chi connectivity index (χ0) is 21.8. The molecule has 6 rings (SSSR count). The van der Waals surface area contributed by atoms with Gasteiger partial charge in [-0.3, -0.25) is 9.08 Å². The Morgan fingerprint density at radius 3 is 2.84 bits per heavy atom.